The number of ether oxygens (including phenoxy) is 1. The molecule has 0 aliphatic carbocycles. The Labute approximate surface area is 173 Å². The number of carbonyl (C=O) groups excluding carboxylic acids is 2. The van der Waals surface area contributed by atoms with Crippen LogP contribution in [0.4, 0.5) is 5.69 Å². The number of aryl methyl sites for hydroxylation is 2. The zero-order valence-corrected chi connectivity index (χ0v) is 17.8. The minimum absolute atomic E-state index is 0.150. The van der Waals surface area contributed by atoms with Gasteiger partial charge in [-0.3, -0.25) is 9.59 Å². The molecule has 1 aromatic heterocycles. The predicted molar refractivity (Wildman–Crippen MR) is 111 cm³/mol. The third-order valence-corrected chi connectivity index (χ3v) is 5.09. The lowest BCUT2D eigenvalue weighted by Gasteiger charge is -2.31. The fourth-order valence-electron chi connectivity index (χ4n) is 3.06. The molecule has 1 unspecified atom stereocenters. The summed E-state index contributed by atoms with van der Waals surface area (Å²) in [6, 6.07) is 9.05. The number of hydrazone groups is 1. The molecule has 0 fully saturated rings. The fourth-order valence-corrected chi connectivity index (χ4v) is 3.85. The van der Waals surface area contributed by atoms with Gasteiger partial charge in [0.2, 0.25) is 23.4 Å². The minimum atomic E-state index is -1.07. The van der Waals surface area contributed by atoms with E-state index in [9.17, 15) is 9.59 Å². The quantitative estimate of drug-likeness (QED) is 0.597. The molecule has 8 nitrogen and oxygen atoms in total. The Hall–Kier alpha value is -2.94. The average molecular weight is 414 g/mol. The summed E-state index contributed by atoms with van der Waals surface area (Å²) >= 11 is 1.40. The molecule has 29 heavy (non-hydrogen) atoms. The normalized spacial score (nSPS) is 18.2. The highest BCUT2D eigenvalue weighted by molar-refractivity contribution is 7.99. The summed E-state index contributed by atoms with van der Waals surface area (Å²) in [4.78, 5) is 32.2. The first kappa shape index (κ1) is 20.8. The molecule has 2 heterocycles. The summed E-state index contributed by atoms with van der Waals surface area (Å²) in [6.07, 6.45) is 0. The third kappa shape index (κ3) is 4.73. The van der Waals surface area contributed by atoms with Gasteiger partial charge in [0.25, 0.3) is 0 Å². The Morgan fingerprint density at radius 2 is 1.76 bits per heavy atom. The summed E-state index contributed by atoms with van der Waals surface area (Å²) in [5.74, 6) is 0.428. The highest BCUT2D eigenvalue weighted by Gasteiger charge is 2.44. The van der Waals surface area contributed by atoms with Crippen LogP contribution in [0.3, 0.4) is 0 Å². The van der Waals surface area contributed by atoms with Crippen molar-refractivity contribution in [3.63, 3.8) is 0 Å². The highest BCUT2D eigenvalue weighted by Crippen LogP contribution is 2.36. The number of carbonyl (C=O) groups is 2. The van der Waals surface area contributed by atoms with E-state index >= 15 is 0 Å². The van der Waals surface area contributed by atoms with Crippen LogP contribution < -0.4 is 5.32 Å². The molecule has 0 radical (unpaired) electrons. The first-order chi connectivity index (χ1) is 13.7. The molecule has 1 atom stereocenters. The lowest BCUT2D eigenvalue weighted by Crippen LogP contribution is -2.41. The maximum atomic E-state index is 12.2. The number of hydrogen-bond donors (Lipinski definition) is 1. The van der Waals surface area contributed by atoms with E-state index in [4.69, 9.17) is 4.74 Å². The monoisotopic (exact) mass is 413 g/mol. The van der Waals surface area contributed by atoms with Gasteiger partial charge in [0.1, 0.15) is 0 Å². The standard InChI is InChI=1S/C20H23N5O3S/c1-12-10-13(2)22-19(21-12)29-11-18-24-25(15(4)27)20(5,28-18)16-6-8-17(9-7-16)23-14(3)26/h6-10H,11H2,1-5H3,(H,23,26). The van der Waals surface area contributed by atoms with Crippen molar-refractivity contribution in [3.05, 3.63) is 47.3 Å². The zero-order valence-electron chi connectivity index (χ0n) is 17.0. The van der Waals surface area contributed by atoms with Crippen LogP contribution in [-0.4, -0.2) is 38.4 Å². The molecular weight excluding hydrogens is 390 g/mol. The molecule has 1 aliphatic rings. The number of aromatic nitrogens is 2. The molecule has 1 aliphatic heterocycles. The van der Waals surface area contributed by atoms with Gasteiger partial charge in [-0.05, 0) is 32.0 Å². The van der Waals surface area contributed by atoms with E-state index in [1.165, 1.54) is 30.6 Å². The number of anilines is 1. The van der Waals surface area contributed by atoms with E-state index < -0.39 is 5.72 Å². The van der Waals surface area contributed by atoms with Crippen molar-refractivity contribution in [2.75, 3.05) is 11.1 Å². The van der Waals surface area contributed by atoms with Gasteiger partial charge in [-0.15, -0.1) is 5.10 Å². The lowest BCUT2D eigenvalue weighted by atomic mass is 10.0. The van der Waals surface area contributed by atoms with Gasteiger partial charge >= 0.3 is 0 Å². The number of rotatable bonds is 5. The number of nitrogens with zero attached hydrogens (tertiary/aromatic N) is 4. The second kappa shape index (κ2) is 8.20. The smallest absolute Gasteiger partial charge is 0.243 e. The van der Waals surface area contributed by atoms with Crippen LogP contribution in [0.25, 0.3) is 0 Å². The van der Waals surface area contributed by atoms with Crippen LogP contribution >= 0.6 is 11.8 Å². The molecule has 9 heteroatoms. The number of hydrogen-bond acceptors (Lipinski definition) is 7. The van der Waals surface area contributed by atoms with Crippen molar-refractivity contribution < 1.29 is 14.3 Å². The van der Waals surface area contributed by atoms with E-state index in [0.29, 0.717) is 22.5 Å². The van der Waals surface area contributed by atoms with Gasteiger partial charge in [-0.2, -0.15) is 5.01 Å². The first-order valence-electron chi connectivity index (χ1n) is 9.08. The Morgan fingerprint density at radius 1 is 1.14 bits per heavy atom. The Kier molecular flexibility index (Phi) is 5.88. The van der Waals surface area contributed by atoms with Crippen molar-refractivity contribution in [3.8, 4) is 0 Å². The number of nitrogens with one attached hydrogen (secondary N) is 1. The highest BCUT2D eigenvalue weighted by atomic mass is 32.2. The summed E-state index contributed by atoms with van der Waals surface area (Å²) in [5.41, 5.74) is 2.13. The molecule has 1 aromatic carbocycles. The number of benzene rings is 1. The zero-order chi connectivity index (χ0) is 21.2. The first-order valence-corrected chi connectivity index (χ1v) is 10.1. The van der Waals surface area contributed by atoms with E-state index in [1.807, 2.05) is 19.9 Å². The van der Waals surface area contributed by atoms with Crippen molar-refractivity contribution in [1.29, 1.82) is 0 Å². The maximum absolute atomic E-state index is 12.2. The third-order valence-electron chi connectivity index (χ3n) is 4.26. The lowest BCUT2D eigenvalue weighted by molar-refractivity contribution is -0.146. The van der Waals surface area contributed by atoms with Gasteiger partial charge in [0.15, 0.2) is 5.16 Å². The fraction of sp³-hybridized carbons (Fsp3) is 0.350. The predicted octanol–water partition coefficient (Wildman–Crippen LogP) is 3.21. The van der Waals surface area contributed by atoms with Crippen LogP contribution in [0.2, 0.25) is 0 Å². The van der Waals surface area contributed by atoms with E-state index in [2.05, 4.69) is 20.4 Å². The summed E-state index contributed by atoms with van der Waals surface area (Å²) < 4.78 is 6.10. The van der Waals surface area contributed by atoms with Crippen molar-refractivity contribution in [2.45, 2.75) is 45.5 Å². The number of amides is 2. The molecule has 3 rings (SSSR count). The van der Waals surface area contributed by atoms with Gasteiger partial charge in [-0.25, -0.2) is 9.97 Å². The molecule has 1 N–H and O–H groups in total. The van der Waals surface area contributed by atoms with Gasteiger partial charge in [0.05, 0.1) is 5.75 Å². The van der Waals surface area contributed by atoms with Crippen LogP contribution in [-0.2, 0) is 20.1 Å². The van der Waals surface area contributed by atoms with Crippen LogP contribution in [0, 0.1) is 13.8 Å². The van der Waals surface area contributed by atoms with Gasteiger partial charge in [-0.1, -0.05) is 23.9 Å². The topological polar surface area (TPSA) is 96.8 Å². The molecule has 0 bridgehead atoms. The van der Waals surface area contributed by atoms with Crippen LogP contribution in [0.5, 0.6) is 0 Å². The Bertz CT molecular complexity index is 956. The van der Waals surface area contributed by atoms with Gasteiger partial charge in [0, 0.05) is 43.4 Å². The van der Waals surface area contributed by atoms with Crippen molar-refractivity contribution in [1.82, 2.24) is 15.0 Å². The summed E-state index contributed by atoms with van der Waals surface area (Å²) in [6.45, 7) is 8.52. The van der Waals surface area contributed by atoms with Crippen LogP contribution in [0.1, 0.15) is 37.7 Å². The Morgan fingerprint density at radius 3 is 2.31 bits per heavy atom. The minimum Gasteiger partial charge on any atom is -0.446 e. The van der Waals surface area contributed by atoms with Crippen molar-refractivity contribution in [2.24, 2.45) is 5.10 Å². The van der Waals surface area contributed by atoms with Gasteiger partial charge < -0.3 is 10.1 Å². The molecular formula is C20H23N5O3S. The molecule has 0 saturated heterocycles. The summed E-state index contributed by atoms with van der Waals surface area (Å²) in [5, 5.41) is 9.07. The SMILES string of the molecule is CC(=O)Nc1ccc(C2(C)OC(CSc3nc(C)cc(C)n3)=NN2C(C)=O)cc1. The molecule has 2 aromatic rings. The van der Waals surface area contributed by atoms with Crippen molar-refractivity contribution >= 4 is 35.2 Å². The largest absolute Gasteiger partial charge is 0.446 e. The maximum Gasteiger partial charge on any atom is 0.243 e. The van der Waals surface area contributed by atoms with E-state index in [1.54, 1.807) is 31.2 Å². The molecule has 152 valence electrons. The summed E-state index contributed by atoms with van der Waals surface area (Å²) in [7, 11) is 0. The number of thioether (sulfide) groups is 1. The van der Waals surface area contributed by atoms with Crippen LogP contribution in [0.15, 0.2) is 40.6 Å². The molecule has 0 saturated carbocycles. The molecule has 0 spiro atoms. The average Bonchev–Trinajstić information content (AvgIpc) is 2.97. The Balaban J connectivity index is 1.78. The second-order valence-corrected chi connectivity index (χ2v) is 7.83. The van der Waals surface area contributed by atoms with E-state index in [0.717, 1.165) is 17.0 Å². The molecule has 2 amide bonds. The van der Waals surface area contributed by atoms with E-state index in [-0.39, 0.29) is 11.8 Å². The second-order valence-electron chi connectivity index (χ2n) is 6.89.